The van der Waals surface area contributed by atoms with Gasteiger partial charge in [0.15, 0.2) is 12.1 Å². The van der Waals surface area contributed by atoms with Crippen molar-refractivity contribution in [1.29, 1.82) is 0 Å². The molecule has 1 aliphatic heterocycles. The molecule has 0 saturated heterocycles. The topological polar surface area (TPSA) is 184 Å². The summed E-state index contributed by atoms with van der Waals surface area (Å²) in [5, 5.41) is 37.9. The number of nitrogens with zero attached hydrogens (tertiary/aromatic N) is 2. The summed E-state index contributed by atoms with van der Waals surface area (Å²) in [4.78, 5) is 19.4. The Balaban J connectivity index is 3.34. The first-order chi connectivity index (χ1) is 10.7. The highest BCUT2D eigenvalue weighted by Gasteiger charge is 2.43. The Bertz CT molecular complexity index is 525. The summed E-state index contributed by atoms with van der Waals surface area (Å²) in [7, 11) is 0. The van der Waals surface area contributed by atoms with Gasteiger partial charge in [0.2, 0.25) is 5.76 Å². The maximum atomic E-state index is 11.2. The van der Waals surface area contributed by atoms with E-state index in [1.165, 1.54) is 6.08 Å². The van der Waals surface area contributed by atoms with Gasteiger partial charge in [-0.3, -0.25) is 4.99 Å². The number of hydrogen-bond donors (Lipinski definition) is 6. The lowest BCUT2D eigenvalue weighted by molar-refractivity contribution is -0.144. The average molecular weight is 330 g/mol. The fourth-order valence-electron chi connectivity index (χ4n) is 2.16. The number of aliphatic hydroxyl groups excluding tert-OH is 3. The van der Waals surface area contributed by atoms with E-state index < -0.39 is 48.7 Å². The van der Waals surface area contributed by atoms with E-state index in [4.69, 9.17) is 26.4 Å². The number of aliphatic hydroxyl groups is 3. The average Bonchev–Trinajstić information content (AvgIpc) is 2.45. The van der Waals surface area contributed by atoms with Crippen LogP contribution in [0.4, 0.5) is 0 Å². The Hall–Kier alpha value is -2.17. The fourth-order valence-corrected chi connectivity index (χ4v) is 2.16. The number of carboxylic acids is 1. The van der Waals surface area contributed by atoms with E-state index in [0.717, 1.165) is 0 Å². The third-order valence-electron chi connectivity index (χ3n) is 3.11. The van der Waals surface area contributed by atoms with Crippen LogP contribution in [0.3, 0.4) is 0 Å². The molecule has 0 bridgehead atoms. The van der Waals surface area contributed by atoms with Crippen molar-refractivity contribution in [2.75, 3.05) is 6.61 Å². The highest BCUT2D eigenvalue weighted by molar-refractivity contribution is 5.85. The van der Waals surface area contributed by atoms with Crippen LogP contribution in [0, 0.1) is 0 Å². The first-order valence-corrected chi connectivity index (χ1v) is 6.85. The van der Waals surface area contributed by atoms with Crippen molar-refractivity contribution in [2.45, 2.75) is 44.2 Å². The second-order valence-electron chi connectivity index (χ2n) is 5.27. The van der Waals surface area contributed by atoms with Gasteiger partial charge in [-0.2, -0.15) is 0 Å². The largest absolute Gasteiger partial charge is 0.478 e. The molecule has 0 radical (unpaired) electrons. The van der Waals surface area contributed by atoms with Gasteiger partial charge in [-0.25, -0.2) is 9.79 Å². The number of carbonyl (C=O) groups is 1. The van der Waals surface area contributed by atoms with E-state index in [1.807, 2.05) is 0 Å². The monoisotopic (exact) mass is 330 g/mol. The highest BCUT2D eigenvalue weighted by atomic mass is 16.5. The maximum absolute atomic E-state index is 11.2. The van der Waals surface area contributed by atoms with Crippen molar-refractivity contribution < 1.29 is 30.0 Å². The summed E-state index contributed by atoms with van der Waals surface area (Å²) in [5.41, 5.74) is 11.3. The summed E-state index contributed by atoms with van der Waals surface area (Å²) >= 11 is 0. The first-order valence-electron chi connectivity index (χ1n) is 6.85. The van der Waals surface area contributed by atoms with Crippen LogP contribution in [0.2, 0.25) is 0 Å². The lowest BCUT2D eigenvalue weighted by Gasteiger charge is -2.36. The Labute approximate surface area is 132 Å². The molecule has 0 unspecified atom stereocenters. The molecule has 8 N–H and O–H groups in total. The molecule has 0 aromatic rings. The van der Waals surface area contributed by atoms with Crippen LogP contribution in [0.5, 0.6) is 0 Å². The van der Waals surface area contributed by atoms with E-state index >= 15 is 0 Å². The Morgan fingerprint density at radius 2 is 1.96 bits per heavy atom. The van der Waals surface area contributed by atoms with Crippen LogP contribution < -0.4 is 11.5 Å². The minimum absolute atomic E-state index is 0.289. The molecule has 10 nitrogen and oxygen atoms in total. The number of aliphatic carboxylic acids is 1. The van der Waals surface area contributed by atoms with E-state index in [2.05, 4.69) is 9.98 Å². The first kappa shape index (κ1) is 18.9. The van der Waals surface area contributed by atoms with E-state index in [0.29, 0.717) is 5.71 Å². The molecule has 1 aliphatic rings. The third-order valence-corrected chi connectivity index (χ3v) is 3.11. The van der Waals surface area contributed by atoms with Crippen LogP contribution in [0.1, 0.15) is 13.8 Å². The lowest BCUT2D eigenvalue weighted by Crippen LogP contribution is -2.53. The standard InChI is InChI=1S/C13H22N4O6/c1-5(2)16-9-6(17-13(14)15)3-8(12(21)22)23-11(9)10(20)7(19)4-18/h3,6-7,9-11,18-20H,4H2,1-2H3,(H,21,22)(H4,14,15,17)/t6-,7+,9+,10+,11+/m0/s1. The number of aliphatic imine (C=N–C) groups is 2. The number of nitrogens with two attached hydrogens (primary N) is 2. The zero-order valence-corrected chi connectivity index (χ0v) is 12.8. The van der Waals surface area contributed by atoms with Gasteiger partial charge in [0.1, 0.15) is 24.3 Å². The van der Waals surface area contributed by atoms with Crippen LogP contribution in [0.25, 0.3) is 0 Å². The quantitative estimate of drug-likeness (QED) is 0.229. The molecule has 0 aromatic carbocycles. The molecule has 5 atom stereocenters. The SMILES string of the molecule is CC(C)=N[C@H]1[C@H]([C@H](O)[C@H](O)CO)OC(C(=O)O)=C[C@@H]1N=C(N)N. The predicted octanol–water partition coefficient (Wildman–Crippen LogP) is -2.44. The molecule has 0 aliphatic carbocycles. The summed E-state index contributed by atoms with van der Waals surface area (Å²) in [6, 6.07) is -1.78. The summed E-state index contributed by atoms with van der Waals surface area (Å²) < 4.78 is 5.24. The summed E-state index contributed by atoms with van der Waals surface area (Å²) in [6.07, 6.45) is -3.21. The number of rotatable bonds is 6. The van der Waals surface area contributed by atoms with Crippen molar-refractivity contribution in [3.63, 3.8) is 0 Å². The van der Waals surface area contributed by atoms with E-state index in [1.54, 1.807) is 13.8 Å². The Morgan fingerprint density at radius 1 is 1.35 bits per heavy atom. The number of ether oxygens (including phenoxy) is 1. The van der Waals surface area contributed by atoms with Gasteiger partial charge < -0.3 is 36.6 Å². The molecule has 0 amide bonds. The molecule has 0 fully saturated rings. The van der Waals surface area contributed by atoms with Gasteiger partial charge in [-0.05, 0) is 19.9 Å². The maximum Gasteiger partial charge on any atom is 0.370 e. The molecular formula is C13H22N4O6. The number of hydrogen-bond acceptors (Lipinski definition) is 7. The molecule has 0 aromatic heterocycles. The van der Waals surface area contributed by atoms with Crippen LogP contribution >= 0.6 is 0 Å². The summed E-state index contributed by atoms with van der Waals surface area (Å²) in [5.74, 6) is -2.15. The predicted molar refractivity (Wildman–Crippen MR) is 81.9 cm³/mol. The van der Waals surface area contributed by atoms with Crippen molar-refractivity contribution >= 4 is 17.6 Å². The van der Waals surface area contributed by atoms with Crippen molar-refractivity contribution in [2.24, 2.45) is 21.5 Å². The van der Waals surface area contributed by atoms with Crippen molar-refractivity contribution in [3.05, 3.63) is 11.8 Å². The highest BCUT2D eigenvalue weighted by Crippen LogP contribution is 2.27. The zero-order chi connectivity index (χ0) is 17.7. The van der Waals surface area contributed by atoms with Gasteiger partial charge in [0.05, 0.1) is 6.61 Å². The Morgan fingerprint density at radius 3 is 2.39 bits per heavy atom. The molecule has 10 heteroatoms. The van der Waals surface area contributed by atoms with Gasteiger partial charge in [-0.15, -0.1) is 0 Å². The van der Waals surface area contributed by atoms with Crippen LogP contribution in [0.15, 0.2) is 21.8 Å². The minimum Gasteiger partial charge on any atom is -0.478 e. The second-order valence-corrected chi connectivity index (χ2v) is 5.27. The van der Waals surface area contributed by atoms with Gasteiger partial charge in [0, 0.05) is 5.71 Å². The van der Waals surface area contributed by atoms with E-state index in [-0.39, 0.29) is 5.96 Å². The molecule has 0 spiro atoms. The van der Waals surface area contributed by atoms with Gasteiger partial charge in [-0.1, -0.05) is 0 Å². The normalized spacial score (nSPS) is 26.3. The molecular weight excluding hydrogens is 308 g/mol. The molecule has 130 valence electrons. The molecule has 1 rings (SSSR count). The molecule has 23 heavy (non-hydrogen) atoms. The van der Waals surface area contributed by atoms with Crippen molar-refractivity contribution in [1.82, 2.24) is 0 Å². The smallest absolute Gasteiger partial charge is 0.370 e. The molecule has 0 saturated carbocycles. The summed E-state index contributed by atoms with van der Waals surface area (Å²) in [6.45, 7) is 2.64. The minimum atomic E-state index is -1.59. The third kappa shape index (κ3) is 4.91. The number of carboxylic acid groups (broad SMARTS) is 1. The molecule has 1 heterocycles. The lowest BCUT2D eigenvalue weighted by atomic mass is 9.92. The van der Waals surface area contributed by atoms with Crippen LogP contribution in [-0.4, -0.2) is 75.1 Å². The fraction of sp³-hybridized carbons (Fsp3) is 0.615. The van der Waals surface area contributed by atoms with E-state index in [9.17, 15) is 15.0 Å². The van der Waals surface area contributed by atoms with Crippen LogP contribution in [-0.2, 0) is 9.53 Å². The Kier molecular flexibility index (Phi) is 6.49. The van der Waals surface area contributed by atoms with Gasteiger partial charge >= 0.3 is 5.97 Å². The zero-order valence-electron chi connectivity index (χ0n) is 12.8. The second kappa shape index (κ2) is 7.90. The van der Waals surface area contributed by atoms with Crippen molar-refractivity contribution in [3.8, 4) is 0 Å². The van der Waals surface area contributed by atoms with Gasteiger partial charge in [0.25, 0.3) is 0 Å². The number of guanidine groups is 1.